The van der Waals surface area contributed by atoms with Gasteiger partial charge in [0.1, 0.15) is 11.6 Å². The van der Waals surface area contributed by atoms with Gasteiger partial charge in [0, 0.05) is 29.5 Å². The van der Waals surface area contributed by atoms with E-state index in [2.05, 4.69) is 30.5 Å². The van der Waals surface area contributed by atoms with Crippen LogP contribution >= 0.6 is 0 Å². The number of amides is 1. The smallest absolute Gasteiger partial charge is 0.263 e. The van der Waals surface area contributed by atoms with Crippen molar-refractivity contribution in [3.8, 4) is 17.0 Å². The summed E-state index contributed by atoms with van der Waals surface area (Å²) >= 11 is 0. The van der Waals surface area contributed by atoms with Crippen molar-refractivity contribution in [1.29, 1.82) is 0 Å². The minimum Gasteiger partial charge on any atom is -0.484 e. The summed E-state index contributed by atoms with van der Waals surface area (Å²) in [4.78, 5) is 24.5. The first-order chi connectivity index (χ1) is 12.8. The molecular formula is C18H14N6O2. The number of carbonyl (C=O) groups is 1. The Labute approximate surface area is 148 Å². The fourth-order valence-electron chi connectivity index (χ4n) is 2.41. The van der Waals surface area contributed by atoms with Gasteiger partial charge in [0.25, 0.3) is 5.91 Å². The molecule has 3 aromatic heterocycles. The summed E-state index contributed by atoms with van der Waals surface area (Å²) in [6.45, 7) is -0.114. The number of hydrogen-bond donors (Lipinski definition) is 2. The molecule has 0 unspecified atom stereocenters. The summed E-state index contributed by atoms with van der Waals surface area (Å²) in [5, 5.41) is 10.4. The Kier molecular flexibility index (Phi) is 4.21. The normalized spacial score (nSPS) is 10.6. The molecule has 0 aliphatic carbocycles. The molecule has 0 bridgehead atoms. The van der Waals surface area contributed by atoms with Crippen molar-refractivity contribution in [2.45, 2.75) is 0 Å². The lowest BCUT2D eigenvalue weighted by Gasteiger charge is -2.07. The van der Waals surface area contributed by atoms with Gasteiger partial charge in [-0.05, 0) is 30.3 Å². The Morgan fingerprint density at radius 3 is 2.85 bits per heavy atom. The van der Waals surface area contributed by atoms with Gasteiger partial charge < -0.3 is 10.1 Å². The first kappa shape index (κ1) is 15.7. The standard InChI is InChI=1S/C18H14N6O2/c25-18(11-26-14-2-3-15-13(7-14)9-22-24-15)23-17-4-1-12(8-21-17)16-10-19-5-6-20-16/h1-10H,11H2,(H,22,24)(H,21,23,25). The van der Waals surface area contributed by atoms with Crippen LogP contribution in [0.15, 0.2) is 61.3 Å². The van der Waals surface area contributed by atoms with Gasteiger partial charge in [-0.15, -0.1) is 0 Å². The molecule has 8 heteroatoms. The average Bonchev–Trinajstić information content (AvgIpc) is 3.15. The van der Waals surface area contributed by atoms with E-state index in [0.29, 0.717) is 11.6 Å². The predicted molar refractivity (Wildman–Crippen MR) is 95.5 cm³/mol. The monoisotopic (exact) mass is 346 g/mol. The topological polar surface area (TPSA) is 106 Å². The fourth-order valence-corrected chi connectivity index (χ4v) is 2.41. The Hall–Kier alpha value is -3.81. The molecule has 0 atom stereocenters. The summed E-state index contributed by atoms with van der Waals surface area (Å²) in [6.07, 6.45) is 8.21. The maximum atomic E-state index is 12.0. The molecule has 2 N–H and O–H groups in total. The number of hydrogen-bond acceptors (Lipinski definition) is 6. The van der Waals surface area contributed by atoms with E-state index in [0.717, 1.165) is 22.2 Å². The lowest BCUT2D eigenvalue weighted by molar-refractivity contribution is -0.118. The Morgan fingerprint density at radius 1 is 1.08 bits per heavy atom. The second kappa shape index (κ2) is 6.98. The van der Waals surface area contributed by atoms with E-state index >= 15 is 0 Å². The van der Waals surface area contributed by atoms with E-state index in [9.17, 15) is 4.79 Å². The van der Waals surface area contributed by atoms with E-state index < -0.39 is 0 Å². The summed E-state index contributed by atoms with van der Waals surface area (Å²) < 4.78 is 5.51. The van der Waals surface area contributed by atoms with E-state index in [4.69, 9.17) is 4.74 Å². The molecule has 4 rings (SSSR count). The SMILES string of the molecule is O=C(COc1ccc2[nH]ncc2c1)Nc1ccc(-c2cnccn2)cn1. The van der Waals surface area contributed by atoms with Crippen LogP contribution in [0.25, 0.3) is 22.2 Å². The molecule has 0 fully saturated rings. The Balaban J connectivity index is 1.35. The minimum atomic E-state index is -0.294. The number of H-pyrrole nitrogens is 1. The third-order valence-electron chi connectivity index (χ3n) is 3.67. The minimum absolute atomic E-state index is 0.114. The zero-order chi connectivity index (χ0) is 17.8. The number of carbonyl (C=O) groups excluding carboxylic acids is 1. The van der Waals surface area contributed by atoms with E-state index in [1.54, 1.807) is 43.1 Å². The molecule has 1 aromatic carbocycles. The van der Waals surface area contributed by atoms with Gasteiger partial charge >= 0.3 is 0 Å². The van der Waals surface area contributed by atoms with Crippen molar-refractivity contribution in [3.05, 3.63) is 61.3 Å². The molecular weight excluding hydrogens is 332 g/mol. The first-order valence-corrected chi connectivity index (χ1v) is 7.86. The van der Waals surface area contributed by atoms with E-state index in [-0.39, 0.29) is 12.5 Å². The summed E-state index contributed by atoms with van der Waals surface area (Å²) in [6, 6.07) is 8.98. The zero-order valence-corrected chi connectivity index (χ0v) is 13.6. The van der Waals surface area contributed by atoms with Crippen LogP contribution in [-0.4, -0.2) is 37.7 Å². The van der Waals surface area contributed by atoms with Crippen LogP contribution in [0, 0.1) is 0 Å². The lowest BCUT2D eigenvalue weighted by atomic mass is 10.2. The third-order valence-corrected chi connectivity index (χ3v) is 3.67. The van der Waals surface area contributed by atoms with E-state index in [1.165, 1.54) is 0 Å². The highest BCUT2D eigenvalue weighted by molar-refractivity contribution is 5.91. The van der Waals surface area contributed by atoms with Crippen LogP contribution < -0.4 is 10.1 Å². The van der Waals surface area contributed by atoms with Crippen molar-refractivity contribution in [1.82, 2.24) is 25.1 Å². The molecule has 0 aliphatic heterocycles. The summed E-state index contributed by atoms with van der Waals surface area (Å²) in [5.41, 5.74) is 2.45. The van der Waals surface area contributed by atoms with Crippen molar-refractivity contribution in [2.75, 3.05) is 11.9 Å². The second-order valence-electron chi connectivity index (χ2n) is 5.48. The highest BCUT2D eigenvalue weighted by atomic mass is 16.5. The molecule has 0 saturated heterocycles. The highest BCUT2D eigenvalue weighted by Crippen LogP contribution is 2.19. The van der Waals surface area contributed by atoms with Crippen molar-refractivity contribution < 1.29 is 9.53 Å². The van der Waals surface area contributed by atoms with Crippen molar-refractivity contribution >= 4 is 22.6 Å². The van der Waals surface area contributed by atoms with Crippen LogP contribution in [-0.2, 0) is 4.79 Å². The number of nitrogens with zero attached hydrogens (tertiary/aromatic N) is 4. The largest absolute Gasteiger partial charge is 0.484 e. The number of aromatic amines is 1. The molecule has 4 aromatic rings. The third kappa shape index (κ3) is 3.48. The van der Waals surface area contributed by atoms with Crippen LogP contribution in [0.5, 0.6) is 5.75 Å². The lowest BCUT2D eigenvalue weighted by Crippen LogP contribution is -2.20. The maximum absolute atomic E-state index is 12.0. The van der Waals surface area contributed by atoms with Crippen molar-refractivity contribution in [2.24, 2.45) is 0 Å². The summed E-state index contributed by atoms with van der Waals surface area (Å²) in [7, 11) is 0. The number of benzene rings is 1. The molecule has 1 amide bonds. The molecule has 128 valence electrons. The number of nitrogens with one attached hydrogen (secondary N) is 2. The Bertz CT molecular complexity index is 1030. The zero-order valence-electron chi connectivity index (χ0n) is 13.6. The molecule has 8 nitrogen and oxygen atoms in total. The van der Waals surface area contributed by atoms with Gasteiger partial charge in [0.2, 0.25) is 0 Å². The van der Waals surface area contributed by atoms with Crippen molar-refractivity contribution in [3.63, 3.8) is 0 Å². The molecule has 3 heterocycles. The van der Waals surface area contributed by atoms with Crippen LogP contribution in [0.1, 0.15) is 0 Å². The van der Waals surface area contributed by atoms with Crippen LogP contribution in [0.3, 0.4) is 0 Å². The fraction of sp³-hybridized carbons (Fsp3) is 0.0556. The molecule has 26 heavy (non-hydrogen) atoms. The first-order valence-electron chi connectivity index (χ1n) is 7.86. The van der Waals surface area contributed by atoms with Gasteiger partial charge in [0.05, 0.1) is 23.6 Å². The number of ether oxygens (including phenoxy) is 1. The number of anilines is 1. The number of aromatic nitrogens is 5. The number of rotatable bonds is 5. The summed E-state index contributed by atoms with van der Waals surface area (Å²) in [5.74, 6) is 0.744. The van der Waals surface area contributed by atoms with E-state index in [1.807, 2.05) is 18.2 Å². The van der Waals surface area contributed by atoms with Crippen LogP contribution in [0.4, 0.5) is 5.82 Å². The molecule has 0 spiro atoms. The van der Waals surface area contributed by atoms with Gasteiger partial charge in [-0.25, -0.2) is 4.98 Å². The molecule has 0 radical (unpaired) electrons. The average molecular weight is 346 g/mol. The number of fused-ring (bicyclic) bond motifs is 1. The second-order valence-corrected chi connectivity index (χ2v) is 5.48. The molecule has 0 saturated carbocycles. The highest BCUT2D eigenvalue weighted by Gasteiger charge is 2.07. The molecule has 0 aliphatic rings. The van der Waals surface area contributed by atoms with Gasteiger partial charge in [-0.2, -0.15) is 5.10 Å². The predicted octanol–water partition coefficient (Wildman–Crippen LogP) is 2.43. The number of pyridine rings is 1. The van der Waals surface area contributed by atoms with Crippen LogP contribution in [0.2, 0.25) is 0 Å². The quantitative estimate of drug-likeness (QED) is 0.575. The van der Waals surface area contributed by atoms with Gasteiger partial charge in [-0.3, -0.25) is 19.9 Å². The van der Waals surface area contributed by atoms with Gasteiger partial charge in [0.15, 0.2) is 6.61 Å². The maximum Gasteiger partial charge on any atom is 0.263 e. The van der Waals surface area contributed by atoms with Gasteiger partial charge in [-0.1, -0.05) is 0 Å². The Morgan fingerprint density at radius 2 is 2.04 bits per heavy atom.